The predicted octanol–water partition coefficient (Wildman–Crippen LogP) is 2.45. The van der Waals surface area contributed by atoms with Crippen LogP contribution >= 0.6 is 0 Å². The van der Waals surface area contributed by atoms with E-state index in [4.69, 9.17) is 4.74 Å². The van der Waals surface area contributed by atoms with Crippen molar-refractivity contribution in [2.45, 2.75) is 39.0 Å². The summed E-state index contributed by atoms with van der Waals surface area (Å²) in [4.78, 5) is 20.2. The fourth-order valence-corrected chi connectivity index (χ4v) is 2.77. The second-order valence-electron chi connectivity index (χ2n) is 7.49. The molecular formula is C19H28N6O. The molecule has 0 aliphatic carbocycles. The van der Waals surface area contributed by atoms with E-state index < -0.39 is 0 Å². The molecule has 1 N–H and O–H groups in total. The number of hydrogen-bond acceptors (Lipinski definition) is 7. The summed E-state index contributed by atoms with van der Waals surface area (Å²) in [5.74, 6) is 2.52. The molecule has 140 valence electrons. The molecule has 7 nitrogen and oxygen atoms in total. The highest BCUT2D eigenvalue weighted by atomic mass is 16.5. The summed E-state index contributed by atoms with van der Waals surface area (Å²) in [7, 11) is 0. The first-order valence-electron chi connectivity index (χ1n) is 9.24. The lowest BCUT2D eigenvalue weighted by molar-refractivity contribution is 0.122. The van der Waals surface area contributed by atoms with E-state index in [1.807, 2.05) is 18.3 Å². The van der Waals surface area contributed by atoms with Gasteiger partial charge in [0, 0.05) is 43.1 Å². The minimum atomic E-state index is -0.0258. The van der Waals surface area contributed by atoms with E-state index in [9.17, 15) is 0 Å². The van der Waals surface area contributed by atoms with Gasteiger partial charge in [-0.3, -0.25) is 0 Å². The fourth-order valence-electron chi connectivity index (χ4n) is 2.77. The van der Waals surface area contributed by atoms with Crippen LogP contribution in [0.2, 0.25) is 0 Å². The quantitative estimate of drug-likeness (QED) is 0.797. The van der Waals surface area contributed by atoms with Crippen molar-refractivity contribution >= 4 is 11.8 Å². The van der Waals surface area contributed by atoms with Gasteiger partial charge in [-0.15, -0.1) is 0 Å². The van der Waals surface area contributed by atoms with Gasteiger partial charge in [0.25, 0.3) is 0 Å². The zero-order valence-electron chi connectivity index (χ0n) is 15.9. The first kappa shape index (κ1) is 18.5. The van der Waals surface area contributed by atoms with E-state index in [-0.39, 0.29) is 5.41 Å². The Morgan fingerprint density at radius 2 is 1.85 bits per heavy atom. The Hall–Kier alpha value is -2.28. The van der Waals surface area contributed by atoms with Crippen LogP contribution < -0.4 is 10.2 Å². The minimum Gasteiger partial charge on any atom is -0.378 e. The number of rotatable bonds is 6. The average Bonchev–Trinajstić information content (AvgIpc) is 2.66. The number of nitrogens with one attached hydrogen (secondary N) is 1. The number of morpholine rings is 1. The van der Waals surface area contributed by atoms with Gasteiger partial charge < -0.3 is 15.0 Å². The number of anilines is 2. The molecule has 1 saturated heterocycles. The van der Waals surface area contributed by atoms with Crippen LogP contribution in [0, 0.1) is 0 Å². The van der Waals surface area contributed by atoms with Gasteiger partial charge in [-0.1, -0.05) is 20.8 Å². The van der Waals surface area contributed by atoms with Crippen LogP contribution in [0.3, 0.4) is 0 Å². The Balaban J connectivity index is 1.49. The minimum absolute atomic E-state index is 0.0258. The van der Waals surface area contributed by atoms with Crippen molar-refractivity contribution in [1.29, 1.82) is 0 Å². The molecule has 0 aromatic carbocycles. The third kappa shape index (κ3) is 5.11. The Morgan fingerprint density at radius 3 is 2.62 bits per heavy atom. The van der Waals surface area contributed by atoms with E-state index in [0.29, 0.717) is 5.95 Å². The maximum Gasteiger partial charge on any atom is 0.224 e. The number of nitrogens with zero attached hydrogens (tertiary/aromatic N) is 5. The average molecular weight is 356 g/mol. The first-order chi connectivity index (χ1) is 12.5. The zero-order chi connectivity index (χ0) is 18.4. The fraction of sp³-hybridized carbons (Fsp3) is 0.579. The Morgan fingerprint density at radius 1 is 1.08 bits per heavy atom. The van der Waals surface area contributed by atoms with Gasteiger partial charge in [-0.25, -0.2) is 15.0 Å². The summed E-state index contributed by atoms with van der Waals surface area (Å²) >= 11 is 0. The van der Waals surface area contributed by atoms with Gasteiger partial charge in [0.15, 0.2) is 0 Å². The topological polar surface area (TPSA) is 76.1 Å². The number of hydrogen-bond donors (Lipinski definition) is 1. The molecular weight excluding hydrogens is 328 g/mol. The molecule has 0 atom stereocenters. The lowest BCUT2D eigenvalue weighted by atomic mass is 9.95. The van der Waals surface area contributed by atoms with Gasteiger partial charge in [0.1, 0.15) is 11.6 Å². The van der Waals surface area contributed by atoms with E-state index in [0.717, 1.165) is 63.0 Å². The Kier molecular flexibility index (Phi) is 5.98. The van der Waals surface area contributed by atoms with Crippen LogP contribution in [-0.2, 0) is 16.6 Å². The Bertz CT molecular complexity index is 709. The molecule has 3 rings (SSSR count). The van der Waals surface area contributed by atoms with Gasteiger partial charge in [0.2, 0.25) is 5.95 Å². The molecule has 0 radical (unpaired) electrons. The summed E-state index contributed by atoms with van der Waals surface area (Å²) in [6.45, 7) is 10.5. The molecule has 1 fully saturated rings. The zero-order valence-corrected chi connectivity index (χ0v) is 15.9. The molecule has 1 aliphatic heterocycles. The number of aromatic nitrogens is 4. The van der Waals surface area contributed by atoms with Crippen LogP contribution in [0.5, 0.6) is 0 Å². The van der Waals surface area contributed by atoms with Crippen molar-refractivity contribution in [2.24, 2.45) is 0 Å². The van der Waals surface area contributed by atoms with E-state index in [2.05, 4.69) is 50.9 Å². The van der Waals surface area contributed by atoms with Crippen LogP contribution in [-0.4, -0.2) is 52.8 Å². The highest BCUT2D eigenvalue weighted by molar-refractivity contribution is 5.42. The molecule has 2 aromatic heterocycles. The highest BCUT2D eigenvalue weighted by Gasteiger charge is 2.17. The molecule has 26 heavy (non-hydrogen) atoms. The SMILES string of the molecule is CC(C)(C)c1nccc(CCCNc2nccc(N3CCOCC3)n2)n1. The first-order valence-corrected chi connectivity index (χ1v) is 9.24. The van der Waals surface area contributed by atoms with Crippen molar-refractivity contribution in [2.75, 3.05) is 43.1 Å². The van der Waals surface area contributed by atoms with Crippen molar-refractivity contribution in [3.63, 3.8) is 0 Å². The van der Waals surface area contributed by atoms with Gasteiger partial charge in [-0.2, -0.15) is 4.98 Å². The molecule has 0 unspecified atom stereocenters. The predicted molar refractivity (Wildman–Crippen MR) is 103 cm³/mol. The lowest BCUT2D eigenvalue weighted by Gasteiger charge is -2.27. The van der Waals surface area contributed by atoms with Gasteiger partial charge >= 0.3 is 0 Å². The second kappa shape index (κ2) is 8.40. The lowest BCUT2D eigenvalue weighted by Crippen LogP contribution is -2.36. The molecule has 0 spiro atoms. The molecule has 0 bridgehead atoms. The molecule has 0 amide bonds. The third-order valence-electron chi connectivity index (χ3n) is 4.25. The summed E-state index contributed by atoms with van der Waals surface area (Å²) in [5, 5.41) is 3.32. The Labute approximate surface area is 155 Å². The molecule has 3 heterocycles. The summed E-state index contributed by atoms with van der Waals surface area (Å²) in [5.41, 5.74) is 1.05. The molecule has 1 aliphatic rings. The normalized spacial score (nSPS) is 15.1. The third-order valence-corrected chi connectivity index (χ3v) is 4.25. The van der Waals surface area contributed by atoms with Crippen molar-refractivity contribution in [1.82, 2.24) is 19.9 Å². The van der Waals surface area contributed by atoms with Crippen LogP contribution in [0.25, 0.3) is 0 Å². The highest BCUT2D eigenvalue weighted by Crippen LogP contribution is 2.18. The smallest absolute Gasteiger partial charge is 0.224 e. The number of aryl methyl sites for hydroxylation is 1. The maximum atomic E-state index is 5.39. The second-order valence-corrected chi connectivity index (χ2v) is 7.49. The van der Waals surface area contributed by atoms with Gasteiger partial charge in [-0.05, 0) is 25.0 Å². The van der Waals surface area contributed by atoms with Crippen molar-refractivity contribution < 1.29 is 4.74 Å². The van der Waals surface area contributed by atoms with E-state index in [1.54, 1.807) is 6.20 Å². The summed E-state index contributed by atoms with van der Waals surface area (Å²) < 4.78 is 5.39. The summed E-state index contributed by atoms with van der Waals surface area (Å²) in [6.07, 6.45) is 5.53. The molecule has 7 heteroatoms. The van der Waals surface area contributed by atoms with Crippen LogP contribution in [0.1, 0.15) is 38.7 Å². The standard InChI is InChI=1S/C19H28N6O/c1-19(2,3)17-20-9-6-15(23-17)5-4-8-21-18-22-10-7-16(24-18)25-11-13-26-14-12-25/h6-7,9-10H,4-5,8,11-14H2,1-3H3,(H,21,22,24). The monoisotopic (exact) mass is 356 g/mol. The maximum absolute atomic E-state index is 5.39. The van der Waals surface area contributed by atoms with Crippen LogP contribution in [0.15, 0.2) is 24.5 Å². The van der Waals surface area contributed by atoms with Crippen molar-refractivity contribution in [3.05, 3.63) is 36.0 Å². The van der Waals surface area contributed by atoms with Gasteiger partial charge in [0.05, 0.1) is 13.2 Å². The van der Waals surface area contributed by atoms with E-state index in [1.165, 1.54) is 0 Å². The van der Waals surface area contributed by atoms with E-state index >= 15 is 0 Å². The van der Waals surface area contributed by atoms with Crippen molar-refractivity contribution in [3.8, 4) is 0 Å². The van der Waals surface area contributed by atoms with Crippen LogP contribution in [0.4, 0.5) is 11.8 Å². The molecule has 2 aromatic rings. The number of ether oxygens (including phenoxy) is 1. The largest absolute Gasteiger partial charge is 0.378 e. The molecule has 0 saturated carbocycles. The summed E-state index contributed by atoms with van der Waals surface area (Å²) in [6, 6.07) is 3.94.